The summed E-state index contributed by atoms with van der Waals surface area (Å²) < 4.78 is 50.4. The lowest BCUT2D eigenvalue weighted by molar-refractivity contribution is -0.137. The summed E-state index contributed by atoms with van der Waals surface area (Å²) in [7, 11) is 0. The summed E-state index contributed by atoms with van der Waals surface area (Å²) in [6.07, 6.45) is -3.17. The van der Waals surface area contributed by atoms with Gasteiger partial charge in [0.25, 0.3) is 0 Å². The first-order valence-electron chi connectivity index (χ1n) is 10.7. The monoisotopic (exact) mass is 466 g/mol. The molecular formula is C24H22ClF3O4. The number of Topliss-reactive ketones (excluding diaryl/α,β-unsaturated/α-hetero) is 1. The van der Waals surface area contributed by atoms with E-state index >= 15 is 0 Å². The molecule has 2 aliphatic heterocycles. The highest BCUT2D eigenvalue weighted by Crippen LogP contribution is 2.54. The van der Waals surface area contributed by atoms with Crippen molar-refractivity contribution in [3.05, 3.63) is 58.1 Å². The number of aliphatic hydroxyl groups is 1. The van der Waals surface area contributed by atoms with Gasteiger partial charge in [0.1, 0.15) is 17.3 Å². The third-order valence-electron chi connectivity index (χ3n) is 7.02. The van der Waals surface area contributed by atoms with E-state index < -0.39 is 23.8 Å². The number of ether oxygens (including phenoxy) is 2. The number of rotatable bonds is 4. The maximum Gasteiger partial charge on any atom is 0.416 e. The van der Waals surface area contributed by atoms with Crippen LogP contribution >= 0.6 is 11.6 Å². The third-order valence-corrected chi connectivity index (χ3v) is 7.32. The lowest BCUT2D eigenvalue weighted by Gasteiger charge is -2.24. The first-order chi connectivity index (χ1) is 15.2. The SMILES string of the molecule is CCc1ccc(Oc2ccc(C(F)(F)F)cc2Cl)cc1C1C(=O)C2C3CCC(O3)C2C1O. The molecular weight excluding hydrogens is 445 g/mol. The Labute approximate surface area is 188 Å². The Bertz CT molecular complexity index is 1070. The fourth-order valence-electron chi connectivity index (χ4n) is 5.59. The number of alkyl halides is 3. The molecule has 4 nitrogen and oxygen atoms in total. The van der Waals surface area contributed by atoms with Gasteiger partial charge in [-0.1, -0.05) is 24.6 Å². The van der Waals surface area contributed by atoms with Crippen molar-refractivity contribution < 1.29 is 32.5 Å². The zero-order chi connectivity index (χ0) is 22.8. The lowest BCUT2D eigenvalue weighted by atomic mass is 9.81. The molecule has 1 aliphatic carbocycles. The van der Waals surface area contributed by atoms with Crippen molar-refractivity contribution in [2.45, 2.75) is 56.6 Å². The Morgan fingerprint density at radius 2 is 1.91 bits per heavy atom. The second kappa shape index (κ2) is 7.75. The van der Waals surface area contributed by atoms with Crippen LogP contribution in [0.3, 0.4) is 0 Å². The van der Waals surface area contributed by atoms with Gasteiger partial charge in [-0.25, -0.2) is 0 Å². The van der Waals surface area contributed by atoms with E-state index in [-0.39, 0.29) is 40.6 Å². The summed E-state index contributed by atoms with van der Waals surface area (Å²) in [6.45, 7) is 1.96. The summed E-state index contributed by atoms with van der Waals surface area (Å²) in [5, 5.41) is 10.9. The molecule has 0 aromatic heterocycles. The van der Waals surface area contributed by atoms with Crippen molar-refractivity contribution in [1.82, 2.24) is 0 Å². The number of carbonyl (C=O) groups is 1. The summed E-state index contributed by atoms with van der Waals surface area (Å²) in [5.41, 5.74) is 0.751. The Hall–Kier alpha value is -2.09. The quantitative estimate of drug-likeness (QED) is 0.643. The predicted molar refractivity (Wildman–Crippen MR) is 111 cm³/mol. The van der Waals surface area contributed by atoms with E-state index in [9.17, 15) is 23.1 Å². The molecule has 32 heavy (non-hydrogen) atoms. The molecule has 2 bridgehead atoms. The van der Waals surface area contributed by atoms with Crippen molar-refractivity contribution in [3.8, 4) is 11.5 Å². The molecule has 3 fully saturated rings. The summed E-state index contributed by atoms with van der Waals surface area (Å²) in [4.78, 5) is 13.3. The van der Waals surface area contributed by atoms with E-state index in [1.807, 2.05) is 13.0 Å². The highest BCUT2D eigenvalue weighted by atomic mass is 35.5. The number of benzene rings is 2. The number of aryl methyl sites for hydroxylation is 1. The van der Waals surface area contributed by atoms with Crippen LogP contribution in [0.5, 0.6) is 11.5 Å². The zero-order valence-corrected chi connectivity index (χ0v) is 18.0. The molecule has 1 saturated carbocycles. The fraction of sp³-hybridized carbons (Fsp3) is 0.458. The van der Waals surface area contributed by atoms with Crippen LogP contribution in [0.4, 0.5) is 13.2 Å². The third kappa shape index (κ3) is 3.42. The minimum atomic E-state index is -4.50. The van der Waals surface area contributed by atoms with Gasteiger partial charge in [-0.15, -0.1) is 0 Å². The minimum absolute atomic E-state index is 0.00545. The van der Waals surface area contributed by atoms with Crippen molar-refractivity contribution in [3.63, 3.8) is 0 Å². The first-order valence-corrected chi connectivity index (χ1v) is 11.1. The number of aliphatic hydroxyl groups excluding tert-OH is 1. The molecule has 0 amide bonds. The van der Waals surface area contributed by atoms with Gasteiger partial charge >= 0.3 is 6.18 Å². The summed E-state index contributed by atoms with van der Waals surface area (Å²) in [5.74, 6) is -0.725. The normalized spacial score (nSPS) is 31.2. The molecule has 2 saturated heterocycles. The Balaban J connectivity index is 1.46. The highest BCUT2D eigenvalue weighted by molar-refractivity contribution is 6.32. The Kier molecular flexibility index (Phi) is 5.26. The predicted octanol–water partition coefficient (Wildman–Crippen LogP) is 5.53. The smallest absolute Gasteiger partial charge is 0.416 e. The van der Waals surface area contributed by atoms with Crippen LogP contribution in [0.2, 0.25) is 5.02 Å². The van der Waals surface area contributed by atoms with Crippen molar-refractivity contribution >= 4 is 17.4 Å². The van der Waals surface area contributed by atoms with Gasteiger partial charge in [-0.2, -0.15) is 13.2 Å². The number of hydrogen-bond donors (Lipinski definition) is 1. The van der Waals surface area contributed by atoms with E-state index in [2.05, 4.69) is 0 Å². The van der Waals surface area contributed by atoms with Crippen molar-refractivity contribution in [2.24, 2.45) is 11.8 Å². The second-order valence-electron chi connectivity index (χ2n) is 8.72. The molecule has 6 atom stereocenters. The molecule has 2 aromatic rings. The summed E-state index contributed by atoms with van der Waals surface area (Å²) >= 11 is 6.03. The van der Waals surface area contributed by atoms with Gasteiger partial charge < -0.3 is 14.6 Å². The molecule has 2 heterocycles. The van der Waals surface area contributed by atoms with Crippen LogP contribution in [0, 0.1) is 11.8 Å². The van der Waals surface area contributed by atoms with Crippen LogP contribution in [0.1, 0.15) is 42.4 Å². The van der Waals surface area contributed by atoms with Gasteiger partial charge in [0, 0.05) is 5.92 Å². The molecule has 5 rings (SSSR count). The number of hydrogen-bond acceptors (Lipinski definition) is 4. The number of fused-ring (bicyclic) bond motifs is 5. The molecule has 1 N–H and O–H groups in total. The molecule has 2 aromatic carbocycles. The largest absolute Gasteiger partial charge is 0.456 e. The molecule has 8 heteroatoms. The van der Waals surface area contributed by atoms with E-state index in [4.69, 9.17) is 21.1 Å². The molecule has 170 valence electrons. The van der Waals surface area contributed by atoms with Crippen LogP contribution in [-0.4, -0.2) is 29.2 Å². The van der Waals surface area contributed by atoms with Gasteiger partial charge in [0.05, 0.1) is 40.7 Å². The summed E-state index contributed by atoms with van der Waals surface area (Å²) in [6, 6.07) is 8.11. The van der Waals surface area contributed by atoms with Crippen LogP contribution in [-0.2, 0) is 22.1 Å². The van der Waals surface area contributed by atoms with Crippen LogP contribution in [0.15, 0.2) is 36.4 Å². The molecule has 0 radical (unpaired) electrons. The van der Waals surface area contributed by atoms with Gasteiger partial charge in [0.2, 0.25) is 0 Å². The maximum absolute atomic E-state index is 13.3. The topological polar surface area (TPSA) is 55.8 Å². The minimum Gasteiger partial charge on any atom is -0.456 e. The average Bonchev–Trinajstić information content (AvgIpc) is 3.42. The molecule has 0 spiro atoms. The van der Waals surface area contributed by atoms with Gasteiger partial charge in [-0.3, -0.25) is 4.79 Å². The fourth-order valence-corrected chi connectivity index (χ4v) is 5.81. The van der Waals surface area contributed by atoms with E-state index in [0.29, 0.717) is 17.7 Å². The van der Waals surface area contributed by atoms with E-state index in [1.54, 1.807) is 12.1 Å². The standard InChI is InChI=1S/C24H22ClF3O4/c1-2-11-3-5-13(31-16-6-4-12(9-15(16)25)24(26,27)28)10-14(11)19-22(29)20-17-7-8-18(32-17)21(20)23(19)30/h3-6,9-10,17-22,29H,2,7-8H2,1H3. The maximum atomic E-state index is 13.3. The number of ketones is 1. The number of carbonyl (C=O) groups excluding carboxylic acids is 1. The number of halogens is 4. The van der Waals surface area contributed by atoms with Crippen LogP contribution < -0.4 is 4.74 Å². The first kappa shape index (κ1) is 21.7. The zero-order valence-electron chi connectivity index (χ0n) is 17.2. The van der Waals surface area contributed by atoms with E-state index in [1.165, 1.54) is 6.07 Å². The van der Waals surface area contributed by atoms with Crippen molar-refractivity contribution in [2.75, 3.05) is 0 Å². The van der Waals surface area contributed by atoms with Gasteiger partial charge in [0.15, 0.2) is 0 Å². The van der Waals surface area contributed by atoms with Gasteiger partial charge in [-0.05, 0) is 60.7 Å². The Morgan fingerprint density at radius 3 is 2.56 bits per heavy atom. The Morgan fingerprint density at radius 1 is 1.16 bits per heavy atom. The highest BCUT2D eigenvalue weighted by Gasteiger charge is 2.62. The van der Waals surface area contributed by atoms with Crippen LogP contribution in [0.25, 0.3) is 0 Å². The molecule has 6 unspecified atom stereocenters. The van der Waals surface area contributed by atoms with E-state index in [0.717, 1.165) is 30.5 Å². The average molecular weight is 467 g/mol. The van der Waals surface area contributed by atoms with Crippen molar-refractivity contribution in [1.29, 1.82) is 0 Å². The lowest BCUT2D eigenvalue weighted by Crippen LogP contribution is -2.31. The molecule has 3 aliphatic rings. The second-order valence-corrected chi connectivity index (χ2v) is 9.13.